The molecule has 16 heavy (non-hydrogen) atoms. The molecule has 5 heteroatoms. The van der Waals surface area contributed by atoms with Crippen LogP contribution in [0.5, 0.6) is 0 Å². The number of thiophene rings is 1. The van der Waals surface area contributed by atoms with Gasteiger partial charge < -0.3 is 10.6 Å². The maximum atomic E-state index is 12.1. The molecule has 1 aliphatic heterocycles. The second-order valence-electron chi connectivity index (χ2n) is 4.30. The van der Waals surface area contributed by atoms with Gasteiger partial charge in [-0.2, -0.15) is 0 Å². The number of amides is 1. The van der Waals surface area contributed by atoms with Gasteiger partial charge >= 0.3 is 0 Å². The minimum Gasteiger partial charge on any atom is -0.338 e. The molecule has 3 nitrogen and oxygen atoms in total. The van der Waals surface area contributed by atoms with Crippen molar-refractivity contribution in [2.75, 3.05) is 13.1 Å². The van der Waals surface area contributed by atoms with Gasteiger partial charge in [0.25, 0.3) is 5.91 Å². The van der Waals surface area contributed by atoms with Crippen molar-refractivity contribution < 1.29 is 4.79 Å². The van der Waals surface area contributed by atoms with Crippen LogP contribution in [-0.2, 0) is 0 Å². The number of hydrogen-bond donors (Lipinski definition) is 1. The Kier molecular flexibility index (Phi) is 3.86. The van der Waals surface area contributed by atoms with Crippen LogP contribution in [0.3, 0.4) is 0 Å². The van der Waals surface area contributed by atoms with Gasteiger partial charge in [0, 0.05) is 24.5 Å². The van der Waals surface area contributed by atoms with Crippen LogP contribution < -0.4 is 5.73 Å². The van der Waals surface area contributed by atoms with Crippen molar-refractivity contribution >= 4 is 39.8 Å². The summed E-state index contributed by atoms with van der Waals surface area (Å²) in [5, 5.41) is 1.93. The standard InChI is InChI=1S/C11H15IN2OS/c1-7(13)8-2-3-14(5-8)11(15)9-4-10(12)16-6-9/h4,6-8H,2-3,5,13H2,1H3. The summed E-state index contributed by atoms with van der Waals surface area (Å²) in [7, 11) is 0. The number of carbonyl (C=O) groups excluding carboxylic acids is 1. The maximum absolute atomic E-state index is 12.1. The molecule has 1 amide bonds. The van der Waals surface area contributed by atoms with E-state index in [9.17, 15) is 4.79 Å². The molecule has 2 rings (SSSR count). The molecule has 0 aromatic carbocycles. The van der Waals surface area contributed by atoms with Crippen molar-refractivity contribution in [3.8, 4) is 0 Å². The first-order valence-corrected chi connectivity index (χ1v) is 7.32. The van der Waals surface area contributed by atoms with Gasteiger partial charge in [-0.05, 0) is 47.9 Å². The lowest BCUT2D eigenvalue weighted by Crippen LogP contribution is -2.32. The largest absolute Gasteiger partial charge is 0.338 e. The fourth-order valence-electron chi connectivity index (χ4n) is 2.01. The van der Waals surface area contributed by atoms with Crippen LogP contribution >= 0.6 is 33.9 Å². The molecule has 1 aromatic rings. The summed E-state index contributed by atoms with van der Waals surface area (Å²) in [6.45, 7) is 3.67. The van der Waals surface area contributed by atoms with E-state index in [1.807, 2.05) is 23.3 Å². The minimum atomic E-state index is 0.155. The summed E-state index contributed by atoms with van der Waals surface area (Å²) in [6.07, 6.45) is 1.03. The van der Waals surface area contributed by atoms with Crippen molar-refractivity contribution in [3.63, 3.8) is 0 Å². The molecule has 0 radical (unpaired) electrons. The highest BCUT2D eigenvalue weighted by molar-refractivity contribution is 14.1. The van der Waals surface area contributed by atoms with Crippen molar-refractivity contribution in [2.45, 2.75) is 19.4 Å². The first kappa shape index (κ1) is 12.3. The summed E-state index contributed by atoms with van der Waals surface area (Å²) in [5.41, 5.74) is 6.68. The molecule has 2 unspecified atom stereocenters. The molecular weight excluding hydrogens is 335 g/mol. The first-order chi connectivity index (χ1) is 7.58. The van der Waals surface area contributed by atoms with E-state index >= 15 is 0 Å². The molecule has 0 saturated carbocycles. The Balaban J connectivity index is 2.02. The molecule has 2 heterocycles. The van der Waals surface area contributed by atoms with Crippen molar-refractivity contribution in [2.24, 2.45) is 11.7 Å². The number of halogens is 1. The second-order valence-corrected chi connectivity index (χ2v) is 7.10. The molecule has 1 fully saturated rings. The summed E-state index contributed by atoms with van der Waals surface area (Å²) in [6, 6.07) is 2.13. The van der Waals surface area contributed by atoms with Gasteiger partial charge in [0.2, 0.25) is 0 Å². The van der Waals surface area contributed by atoms with Gasteiger partial charge in [0.1, 0.15) is 0 Å². The molecule has 0 aliphatic carbocycles. The zero-order chi connectivity index (χ0) is 11.7. The summed E-state index contributed by atoms with van der Waals surface area (Å²) < 4.78 is 1.16. The minimum absolute atomic E-state index is 0.155. The van der Waals surface area contributed by atoms with E-state index in [0.717, 1.165) is 28.0 Å². The lowest BCUT2D eigenvalue weighted by Gasteiger charge is -2.17. The molecule has 1 saturated heterocycles. The Bertz CT molecular complexity index is 391. The molecule has 1 aromatic heterocycles. The fraction of sp³-hybridized carbons (Fsp3) is 0.545. The maximum Gasteiger partial charge on any atom is 0.254 e. The molecule has 2 N–H and O–H groups in total. The lowest BCUT2D eigenvalue weighted by molar-refractivity contribution is 0.0786. The van der Waals surface area contributed by atoms with E-state index in [1.165, 1.54) is 0 Å². The summed E-state index contributed by atoms with van der Waals surface area (Å²) in [5.74, 6) is 0.615. The van der Waals surface area contributed by atoms with Crippen LogP contribution in [0.25, 0.3) is 0 Å². The normalized spacial score (nSPS) is 22.4. The van der Waals surface area contributed by atoms with Crippen LogP contribution in [-0.4, -0.2) is 29.9 Å². The lowest BCUT2D eigenvalue weighted by atomic mass is 10.0. The number of nitrogens with zero attached hydrogens (tertiary/aromatic N) is 1. The fourth-order valence-corrected chi connectivity index (χ4v) is 3.33. The predicted octanol–water partition coefficient (Wildman–Crippen LogP) is 2.16. The SMILES string of the molecule is CC(N)C1CCN(C(=O)c2csc(I)c2)C1. The smallest absolute Gasteiger partial charge is 0.254 e. The van der Waals surface area contributed by atoms with Crippen molar-refractivity contribution in [1.29, 1.82) is 0 Å². The van der Waals surface area contributed by atoms with E-state index < -0.39 is 0 Å². The van der Waals surface area contributed by atoms with Crippen LogP contribution in [0.2, 0.25) is 0 Å². The van der Waals surface area contributed by atoms with Gasteiger partial charge in [-0.25, -0.2) is 0 Å². The predicted molar refractivity (Wildman–Crippen MR) is 74.7 cm³/mol. The monoisotopic (exact) mass is 350 g/mol. The van der Waals surface area contributed by atoms with Crippen LogP contribution in [0.15, 0.2) is 11.4 Å². The van der Waals surface area contributed by atoms with Crippen LogP contribution in [0, 0.1) is 8.80 Å². The Morgan fingerprint density at radius 1 is 1.75 bits per heavy atom. The highest BCUT2D eigenvalue weighted by atomic mass is 127. The van der Waals surface area contributed by atoms with E-state index in [4.69, 9.17) is 5.73 Å². The zero-order valence-electron chi connectivity index (χ0n) is 9.15. The molecule has 0 bridgehead atoms. The first-order valence-electron chi connectivity index (χ1n) is 5.37. The van der Waals surface area contributed by atoms with Crippen molar-refractivity contribution in [3.05, 3.63) is 19.9 Å². The highest BCUT2D eigenvalue weighted by Gasteiger charge is 2.29. The van der Waals surface area contributed by atoms with Gasteiger partial charge in [-0.1, -0.05) is 0 Å². The molecule has 0 spiro atoms. The third-order valence-corrected chi connectivity index (χ3v) is 4.86. The van der Waals surface area contributed by atoms with Crippen LogP contribution in [0.1, 0.15) is 23.7 Å². The number of hydrogen-bond acceptors (Lipinski definition) is 3. The van der Waals surface area contributed by atoms with Gasteiger partial charge in [0.15, 0.2) is 0 Å². The Labute approximate surface area is 113 Å². The van der Waals surface area contributed by atoms with E-state index in [1.54, 1.807) is 11.3 Å². The highest BCUT2D eigenvalue weighted by Crippen LogP contribution is 2.23. The van der Waals surface area contributed by atoms with E-state index in [2.05, 4.69) is 22.6 Å². The molecule has 1 aliphatic rings. The third kappa shape index (κ3) is 2.57. The molecular formula is C11H15IN2OS. The molecule has 88 valence electrons. The Morgan fingerprint density at radius 2 is 2.50 bits per heavy atom. The van der Waals surface area contributed by atoms with E-state index in [-0.39, 0.29) is 11.9 Å². The third-order valence-electron chi connectivity index (χ3n) is 3.07. The number of rotatable bonds is 2. The average molecular weight is 350 g/mol. The number of carbonyl (C=O) groups is 1. The second kappa shape index (κ2) is 5.01. The summed E-state index contributed by atoms with van der Waals surface area (Å²) >= 11 is 3.85. The van der Waals surface area contributed by atoms with Crippen LogP contribution in [0.4, 0.5) is 0 Å². The number of nitrogens with two attached hydrogens (primary N) is 1. The van der Waals surface area contributed by atoms with Gasteiger partial charge in [-0.3, -0.25) is 4.79 Å². The topological polar surface area (TPSA) is 46.3 Å². The van der Waals surface area contributed by atoms with E-state index in [0.29, 0.717) is 5.92 Å². The number of likely N-dealkylation sites (tertiary alicyclic amines) is 1. The average Bonchev–Trinajstić information content (AvgIpc) is 2.84. The van der Waals surface area contributed by atoms with Gasteiger partial charge in [-0.15, -0.1) is 11.3 Å². The van der Waals surface area contributed by atoms with Gasteiger partial charge in [0.05, 0.1) is 8.45 Å². The van der Waals surface area contributed by atoms with Crippen molar-refractivity contribution in [1.82, 2.24) is 4.90 Å². The Morgan fingerprint density at radius 3 is 3.00 bits per heavy atom. The summed E-state index contributed by atoms with van der Waals surface area (Å²) in [4.78, 5) is 14.0. The Hall–Kier alpha value is -0.140. The quantitative estimate of drug-likeness (QED) is 0.831. The zero-order valence-corrected chi connectivity index (χ0v) is 12.1. The molecule has 2 atom stereocenters.